The molecule has 2 aliphatic carbocycles. The molecule has 2 aromatic rings. The average molecular weight is 407 g/mol. The van der Waals surface area contributed by atoms with E-state index in [1.165, 1.54) is 30.4 Å². The molecule has 146 valence electrons. The van der Waals surface area contributed by atoms with E-state index >= 15 is 0 Å². The number of aryl methyl sites for hydroxylation is 1. The van der Waals surface area contributed by atoms with Crippen molar-refractivity contribution in [2.75, 3.05) is 13.1 Å². The van der Waals surface area contributed by atoms with E-state index in [9.17, 15) is 4.79 Å². The summed E-state index contributed by atoms with van der Waals surface area (Å²) in [6.07, 6.45) is 8.26. The van der Waals surface area contributed by atoms with Crippen molar-refractivity contribution in [3.05, 3.63) is 39.8 Å². The van der Waals surface area contributed by atoms with Crippen molar-refractivity contribution in [3.63, 3.8) is 0 Å². The Kier molecular flexibility index (Phi) is 5.32. The van der Waals surface area contributed by atoms with Crippen LogP contribution in [0.15, 0.2) is 23.0 Å². The maximum absolute atomic E-state index is 13.5. The molecule has 2 fully saturated rings. The van der Waals surface area contributed by atoms with E-state index in [1.807, 2.05) is 6.20 Å². The summed E-state index contributed by atoms with van der Waals surface area (Å²) in [6, 6.07) is 2.59. The van der Waals surface area contributed by atoms with Crippen LogP contribution in [0.25, 0.3) is 0 Å². The number of H-pyrrole nitrogens is 1. The van der Waals surface area contributed by atoms with Gasteiger partial charge in [-0.05, 0) is 78.6 Å². The largest absolute Gasteiger partial charge is 0.335 e. The minimum absolute atomic E-state index is 0. The van der Waals surface area contributed by atoms with E-state index < -0.39 is 0 Å². The quantitative estimate of drug-likeness (QED) is 0.819. The average Bonchev–Trinajstić information content (AvgIpc) is 3.08. The van der Waals surface area contributed by atoms with E-state index in [0.29, 0.717) is 17.4 Å². The number of nitrogens with zero attached hydrogens (tertiary/aromatic N) is 2. The molecule has 0 bridgehead atoms. The van der Waals surface area contributed by atoms with Gasteiger partial charge in [0.25, 0.3) is 0 Å². The zero-order chi connectivity index (χ0) is 17.6. The third kappa shape index (κ3) is 3.55. The fraction of sp³-hybridized carbons (Fsp3) is 0.600. The van der Waals surface area contributed by atoms with Crippen LogP contribution in [0.5, 0.6) is 0 Å². The van der Waals surface area contributed by atoms with Crippen molar-refractivity contribution in [1.29, 1.82) is 0 Å². The first-order chi connectivity index (χ1) is 12.8. The second kappa shape index (κ2) is 7.57. The highest BCUT2D eigenvalue weighted by Gasteiger charge is 2.58. The minimum atomic E-state index is 0. The highest BCUT2D eigenvalue weighted by Crippen LogP contribution is 2.56. The third-order valence-corrected chi connectivity index (χ3v) is 7.44. The first kappa shape index (κ1) is 19.0. The first-order valence-electron chi connectivity index (χ1n) is 9.79. The number of fused-ring (bicyclic) bond motifs is 1. The standard InChI is InChI=1S/C20H26N4OS.ClH/c25-19(15-1-2-16-11-22-23-17(16)9-15)24(12-14-3-8-26-13-14)18-10-20(18)4-6-21-7-5-20;/h3,8,11,13,15,18,21H,1-2,4-7,9-10,12H2,(H,22,23);1H. The van der Waals surface area contributed by atoms with Crippen molar-refractivity contribution >= 4 is 29.7 Å². The molecule has 3 heterocycles. The van der Waals surface area contributed by atoms with Gasteiger partial charge in [-0.25, -0.2) is 0 Å². The predicted molar refractivity (Wildman–Crippen MR) is 109 cm³/mol. The molecule has 1 saturated heterocycles. The summed E-state index contributed by atoms with van der Waals surface area (Å²) in [4.78, 5) is 15.8. The van der Waals surface area contributed by atoms with E-state index in [-0.39, 0.29) is 18.3 Å². The molecular weight excluding hydrogens is 380 g/mol. The van der Waals surface area contributed by atoms with Crippen LogP contribution in [-0.4, -0.2) is 40.1 Å². The second-order valence-electron chi connectivity index (χ2n) is 8.24. The zero-order valence-corrected chi connectivity index (χ0v) is 17.1. The highest BCUT2D eigenvalue weighted by atomic mass is 35.5. The van der Waals surface area contributed by atoms with Gasteiger partial charge < -0.3 is 10.2 Å². The van der Waals surface area contributed by atoms with Gasteiger partial charge in [0.15, 0.2) is 0 Å². The number of hydrogen-bond acceptors (Lipinski definition) is 4. The molecule has 27 heavy (non-hydrogen) atoms. The molecule has 2 atom stereocenters. The molecule has 5 nitrogen and oxygen atoms in total. The Labute approximate surface area is 170 Å². The molecule has 3 aliphatic rings. The molecule has 0 radical (unpaired) electrons. The van der Waals surface area contributed by atoms with Gasteiger partial charge in [-0.2, -0.15) is 16.4 Å². The maximum Gasteiger partial charge on any atom is 0.226 e. The first-order valence-corrected chi connectivity index (χ1v) is 10.7. The van der Waals surface area contributed by atoms with Crippen molar-refractivity contribution in [2.45, 2.75) is 51.1 Å². The van der Waals surface area contributed by atoms with Gasteiger partial charge >= 0.3 is 0 Å². The lowest BCUT2D eigenvalue weighted by atomic mass is 9.86. The molecule has 2 aromatic heterocycles. The number of carbonyl (C=O) groups is 1. The molecule has 2 N–H and O–H groups in total. The number of piperidine rings is 1. The normalized spacial score (nSPS) is 25.5. The van der Waals surface area contributed by atoms with Crippen molar-refractivity contribution in [1.82, 2.24) is 20.4 Å². The van der Waals surface area contributed by atoms with Gasteiger partial charge in [0.1, 0.15) is 0 Å². The number of nitrogens with one attached hydrogen (secondary N) is 2. The Morgan fingerprint density at radius 1 is 1.37 bits per heavy atom. The summed E-state index contributed by atoms with van der Waals surface area (Å²) in [5.41, 5.74) is 4.11. The Morgan fingerprint density at radius 3 is 3.00 bits per heavy atom. The number of carbonyl (C=O) groups excluding carboxylic acids is 1. The minimum Gasteiger partial charge on any atom is -0.335 e. The molecule has 1 amide bonds. The number of thiophene rings is 1. The van der Waals surface area contributed by atoms with Crippen molar-refractivity contribution < 1.29 is 4.79 Å². The van der Waals surface area contributed by atoms with Crippen molar-refractivity contribution in [2.24, 2.45) is 11.3 Å². The van der Waals surface area contributed by atoms with Gasteiger partial charge in [-0.1, -0.05) is 0 Å². The second-order valence-corrected chi connectivity index (χ2v) is 9.02. The Morgan fingerprint density at radius 2 is 2.22 bits per heavy atom. The van der Waals surface area contributed by atoms with Gasteiger partial charge in [0.2, 0.25) is 5.91 Å². The number of hydrogen-bond donors (Lipinski definition) is 2. The predicted octanol–water partition coefficient (Wildman–Crippen LogP) is 3.17. The molecule has 1 saturated carbocycles. The van der Waals surface area contributed by atoms with E-state index in [1.54, 1.807) is 11.3 Å². The molecule has 1 aliphatic heterocycles. The molecule has 2 unspecified atom stereocenters. The number of aromatic nitrogens is 2. The van der Waals surface area contributed by atoms with Crippen molar-refractivity contribution in [3.8, 4) is 0 Å². The fourth-order valence-electron chi connectivity index (χ4n) is 5.00. The Balaban J connectivity index is 0.00000180. The van der Waals surface area contributed by atoms with Crippen LogP contribution in [0.1, 0.15) is 42.5 Å². The zero-order valence-electron chi connectivity index (χ0n) is 15.4. The topological polar surface area (TPSA) is 61.0 Å². The van der Waals surface area contributed by atoms with Crippen LogP contribution in [0.2, 0.25) is 0 Å². The summed E-state index contributed by atoms with van der Waals surface area (Å²) in [5.74, 6) is 0.456. The molecule has 7 heteroatoms. The smallest absolute Gasteiger partial charge is 0.226 e. The maximum atomic E-state index is 13.5. The Hall–Kier alpha value is -1.37. The Bertz CT molecular complexity index is 784. The summed E-state index contributed by atoms with van der Waals surface area (Å²) in [7, 11) is 0. The number of aromatic amines is 1. The van der Waals surface area contributed by atoms with Crippen LogP contribution < -0.4 is 5.32 Å². The van der Waals surface area contributed by atoms with E-state index in [0.717, 1.165) is 44.6 Å². The van der Waals surface area contributed by atoms with Gasteiger partial charge in [0.05, 0.1) is 6.20 Å². The molecule has 0 aromatic carbocycles. The lowest BCUT2D eigenvalue weighted by molar-refractivity contribution is -0.138. The number of rotatable bonds is 4. The number of halogens is 1. The summed E-state index contributed by atoms with van der Waals surface area (Å²) >= 11 is 1.72. The monoisotopic (exact) mass is 406 g/mol. The molecule has 5 rings (SSSR count). The van der Waals surface area contributed by atoms with Gasteiger partial charge in [-0.15, -0.1) is 12.4 Å². The molecular formula is C20H27ClN4OS. The highest BCUT2D eigenvalue weighted by molar-refractivity contribution is 7.07. The van der Waals surface area contributed by atoms with Crippen LogP contribution in [0.4, 0.5) is 0 Å². The lowest BCUT2D eigenvalue weighted by Crippen LogP contribution is -2.43. The summed E-state index contributed by atoms with van der Waals surface area (Å²) in [5, 5.41) is 15.0. The van der Waals surface area contributed by atoms with E-state index in [2.05, 4.69) is 37.2 Å². The van der Waals surface area contributed by atoms with Crippen LogP contribution in [0.3, 0.4) is 0 Å². The lowest BCUT2D eigenvalue weighted by Gasteiger charge is -2.33. The van der Waals surface area contributed by atoms with Crippen LogP contribution in [-0.2, 0) is 24.2 Å². The summed E-state index contributed by atoms with van der Waals surface area (Å²) in [6.45, 7) is 2.96. The van der Waals surface area contributed by atoms with Crippen LogP contribution in [0, 0.1) is 11.3 Å². The fourth-order valence-corrected chi connectivity index (χ4v) is 5.66. The number of amides is 1. The van der Waals surface area contributed by atoms with Gasteiger partial charge in [-0.3, -0.25) is 9.89 Å². The van der Waals surface area contributed by atoms with Crippen LogP contribution >= 0.6 is 23.7 Å². The SMILES string of the molecule is Cl.O=C(C1CCc2cn[nH]c2C1)N(Cc1ccsc1)C1CC12CCNCC2. The molecule has 1 spiro atoms. The summed E-state index contributed by atoms with van der Waals surface area (Å²) < 4.78 is 0. The van der Waals surface area contributed by atoms with Gasteiger partial charge in [0, 0.05) is 30.6 Å². The third-order valence-electron chi connectivity index (χ3n) is 6.71. The van der Waals surface area contributed by atoms with E-state index in [4.69, 9.17) is 0 Å².